The van der Waals surface area contributed by atoms with E-state index in [0.29, 0.717) is 0 Å². The fraction of sp³-hybridized carbons (Fsp3) is 0.742. The fourth-order valence-corrected chi connectivity index (χ4v) is 4.92. The lowest BCUT2D eigenvalue weighted by Crippen LogP contribution is -2.46. The second kappa shape index (κ2) is 19.8. The number of hydrogen-bond donors (Lipinski definition) is 0. The fourth-order valence-electron chi connectivity index (χ4n) is 4.92. The van der Waals surface area contributed by atoms with Crippen molar-refractivity contribution in [1.82, 2.24) is 4.90 Å². The summed E-state index contributed by atoms with van der Waals surface area (Å²) in [4.78, 5) is 5.19. The van der Waals surface area contributed by atoms with E-state index in [4.69, 9.17) is 4.74 Å². The van der Waals surface area contributed by atoms with Gasteiger partial charge in [-0.15, -0.1) is 6.58 Å². The molecule has 194 valence electrons. The molecule has 0 radical (unpaired) electrons. The molecule has 0 atom stereocenters. The number of piperazine rings is 1. The zero-order chi connectivity index (χ0) is 24.1. The summed E-state index contributed by atoms with van der Waals surface area (Å²) < 4.78 is 5.93. The average molecular weight is 471 g/mol. The normalized spacial score (nSPS) is 14.4. The second-order valence-electron chi connectivity index (χ2n) is 10.2. The smallest absolute Gasteiger partial charge is 0.119 e. The number of unbranched alkanes of at least 4 members (excludes halogenated alkanes) is 14. The Labute approximate surface area is 211 Å². The molecule has 0 N–H and O–H groups in total. The van der Waals surface area contributed by atoms with Gasteiger partial charge in [0.05, 0.1) is 6.61 Å². The van der Waals surface area contributed by atoms with Crippen molar-refractivity contribution in [2.24, 2.45) is 0 Å². The van der Waals surface area contributed by atoms with Crippen LogP contribution in [0.4, 0.5) is 5.69 Å². The highest BCUT2D eigenvalue weighted by Gasteiger charge is 2.16. The molecule has 34 heavy (non-hydrogen) atoms. The Hall–Kier alpha value is -1.48. The van der Waals surface area contributed by atoms with Crippen molar-refractivity contribution < 1.29 is 4.74 Å². The Morgan fingerprint density at radius 3 is 1.88 bits per heavy atom. The lowest BCUT2D eigenvalue weighted by molar-refractivity contribution is 0.252. The summed E-state index contributed by atoms with van der Waals surface area (Å²) in [5, 5.41) is 0. The molecule has 0 amide bonds. The van der Waals surface area contributed by atoms with Crippen molar-refractivity contribution in [3.63, 3.8) is 0 Å². The van der Waals surface area contributed by atoms with Gasteiger partial charge in [0.15, 0.2) is 0 Å². The molecule has 0 aliphatic carbocycles. The van der Waals surface area contributed by atoms with E-state index in [-0.39, 0.29) is 0 Å². The molecule has 2 rings (SSSR count). The van der Waals surface area contributed by atoms with E-state index in [2.05, 4.69) is 47.6 Å². The summed E-state index contributed by atoms with van der Waals surface area (Å²) >= 11 is 0. The predicted octanol–water partition coefficient (Wildman–Crippen LogP) is 8.63. The van der Waals surface area contributed by atoms with Crippen LogP contribution >= 0.6 is 0 Å². The summed E-state index contributed by atoms with van der Waals surface area (Å²) in [6.45, 7) is 12.9. The van der Waals surface area contributed by atoms with Gasteiger partial charge in [0.2, 0.25) is 0 Å². The van der Waals surface area contributed by atoms with Crippen LogP contribution in [0.2, 0.25) is 0 Å². The first-order valence-electron chi connectivity index (χ1n) is 14.6. The maximum atomic E-state index is 5.93. The number of ether oxygens (including phenoxy) is 1. The molecule has 1 fully saturated rings. The summed E-state index contributed by atoms with van der Waals surface area (Å²) in [7, 11) is 0. The number of nitrogens with zero attached hydrogens (tertiary/aromatic N) is 2. The van der Waals surface area contributed by atoms with Crippen LogP contribution in [-0.4, -0.2) is 44.2 Å². The van der Waals surface area contributed by atoms with Crippen LogP contribution in [0.25, 0.3) is 0 Å². The first kappa shape index (κ1) is 28.8. The molecule has 0 spiro atoms. The van der Waals surface area contributed by atoms with Gasteiger partial charge in [0.25, 0.3) is 0 Å². The quantitative estimate of drug-likeness (QED) is 0.132. The first-order chi connectivity index (χ1) is 16.8. The van der Waals surface area contributed by atoms with Crippen LogP contribution in [0.1, 0.15) is 110 Å². The van der Waals surface area contributed by atoms with Gasteiger partial charge in [-0.3, -0.25) is 4.90 Å². The Kier molecular flexibility index (Phi) is 16.7. The van der Waals surface area contributed by atoms with Gasteiger partial charge < -0.3 is 9.64 Å². The maximum Gasteiger partial charge on any atom is 0.119 e. The topological polar surface area (TPSA) is 15.7 Å². The Morgan fingerprint density at radius 1 is 0.706 bits per heavy atom. The second-order valence-corrected chi connectivity index (χ2v) is 10.2. The Balaban J connectivity index is 1.46. The monoisotopic (exact) mass is 470 g/mol. The van der Waals surface area contributed by atoms with E-state index in [1.165, 1.54) is 115 Å². The van der Waals surface area contributed by atoms with Crippen LogP contribution in [0.3, 0.4) is 0 Å². The van der Waals surface area contributed by atoms with Gasteiger partial charge in [-0.2, -0.15) is 0 Å². The minimum absolute atomic E-state index is 0.825. The number of rotatable bonds is 21. The summed E-state index contributed by atoms with van der Waals surface area (Å²) in [5.74, 6) is 1.00. The highest BCUT2D eigenvalue weighted by molar-refractivity contribution is 5.49. The molecule has 1 saturated heterocycles. The molecule has 1 aromatic carbocycles. The third-order valence-corrected chi connectivity index (χ3v) is 7.22. The molecular formula is C31H54N2O. The molecule has 3 heteroatoms. The molecule has 1 aromatic rings. The van der Waals surface area contributed by atoms with E-state index in [1.807, 2.05) is 6.08 Å². The van der Waals surface area contributed by atoms with Crippen LogP contribution in [0.15, 0.2) is 36.9 Å². The van der Waals surface area contributed by atoms with Gasteiger partial charge in [-0.1, -0.05) is 90.0 Å². The van der Waals surface area contributed by atoms with Crippen LogP contribution in [0, 0.1) is 0 Å². The first-order valence-corrected chi connectivity index (χ1v) is 14.6. The largest absolute Gasteiger partial charge is 0.494 e. The zero-order valence-corrected chi connectivity index (χ0v) is 22.5. The summed E-state index contributed by atoms with van der Waals surface area (Å²) in [6.07, 6.45) is 23.7. The highest BCUT2D eigenvalue weighted by Crippen LogP contribution is 2.21. The van der Waals surface area contributed by atoms with Gasteiger partial charge in [-0.05, 0) is 56.5 Å². The molecule has 1 aliphatic rings. The van der Waals surface area contributed by atoms with Crippen LogP contribution < -0.4 is 9.64 Å². The minimum Gasteiger partial charge on any atom is -0.494 e. The highest BCUT2D eigenvalue weighted by atomic mass is 16.5. The third kappa shape index (κ3) is 13.4. The number of anilines is 1. The molecular weight excluding hydrogens is 416 g/mol. The molecule has 3 nitrogen and oxygen atoms in total. The Bertz CT molecular complexity index is 592. The van der Waals surface area contributed by atoms with Crippen molar-refractivity contribution in [2.45, 2.75) is 110 Å². The minimum atomic E-state index is 0.825. The van der Waals surface area contributed by atoms with Crippen molar-refractivity contribution in [1.29, 1.82) is 0 Å². The van der Waals surface area contributed by atoms with Crippen LogP contribution in [-0.2, 0) is 0 Å². The van der Waals surface area contributed by atoms with Crippen molar-refractivity contribution in [3.8, 4) is 5.75 Å². The molecule has 0 bridgehead atoms. The summed E-state index contributed by atoms with van der Waals surface area (Å²) in [5.41, 5.74) is 1.34. The molecule has 0 unspecified atom stereocenters. The van der Waals surface area contributed by atoms with Gasteiger partial charge >= 0.3 is 0 Å². The van der Waals surface area contributed by atoms with E-state index < -0.39 is 0 Å². The lowest BCUT2D eigenvalue weighted by atomic mass is 10.1. The predicted molar refractivity (Wildman–Crippen MR) is 150 cm³/mol. The van der Waals surface area contributed by atoms with Crippen molar-refractivity contribution in [2.75, 3.05) is 44.2 Å². The standard InChI is InChI=1S/C31H54N2O/c1-3-5-7-9-11-12-13-14-15-16-18-24-32-25-27-33(28-26-32)30-20-22-31(23-21-30)34-29-19-17-10-8-6-4-2/h4,20-23H,2-3,5-19,24-29H2,1H3. The summed E-state index contributed by atoms with van der Waals surface area (Å²) in [6, 6.07) is 8.76. The molecule has 1 heterocycles. The number of allylic oxidation sites excluding steroid dienone is 1. The lowest BCUT2D eigenvalue weighted by Gasteiger charge is -2.36. The SMILES string of the molecule is C=CCCCCCCOc1ccc(N2CCN(CCCCCCCCCCCCC)CC2)cc1. The van der Waals surface area contributed by atoms with Crippen molar-refractivity contribution in [3.05, 3.63) is 36.9 Å². The molecule has 0 aromatic heterocycles. The van der Waals surface area contributed by atoms with Gasteiger partial charge in [-0.25, -0.2) is 0 Å². The number of benzene rings is 1. The Morgan fingerprint density at radius 2 is 1.26 bits per heavy atom. The third-order valence-electron chi connectivity index (χ3n) is 7.22. The van der Waals surface area contributed by atoms with Crippen molar-refractivity contribution >= 4 is 5.69 Å². The van der Waals surface area contributed by atoms with E-state index in [0.717, 1.165) is 38.3 Å². The average Bonchev–Trinajstić information content (AvgIpc) is 2.87. The van der Waals surface area contributed by atoms with E-state index >= 15 is 0 Å². The van der Waals surface area contributed by atoms with E-state index in [9.17, 15) is 0 Å². The van der Waals surface area contributed by atoms with Gasteiger partial charge in [0.1, 0.15) is 5.75 Å². The zero-order valence-electron chi connectivity index (χ0n) is 22.5. The van der Waals surface area contributed by atoms with Crippen LogP contribution in [0.5, 0.6) is 5.75 Å². The van der Waals surface area contributed by atoms with Gasteiger partial charge in [0, 0.05) is 31.9 Å². The van der Waals surface area contributed by atoms with E-state index in [1.54, 1.807) is 0 Å². The number of hydrogen-bond acceptors (Lipinski definition) is 3. The molecule has 1 aliphatic heterocycles. The molecule has 0 saturated carbocycles. The maximum absolute atomic E-state index is 5.93.